The number of carbonyl (C=O) groups excluding carboxylic acids is 2. The van der Waals surface area contributed by atoms with Crippen LogP contribution in [0.3, 0.4) is 0 Å². The van der Waals surface area contributed by atoms with Crippen molar-refractivity contribution in [2.24, 2.45) is 0 Å². The first-order valence-electron chi connectivity index (χ1n) is 11.9. The molecule has 1 aliphatic heterocycles. The van der Waals surface area contributed by atoms with Gasteiger partial charge in [0, 0.05) is 35.9 Å². The van der Waals surface area contributed by atoms with Crippen molar-refractivity contribution in [3.8, 4) is 11.5 Å². The van der Waals surface area contributed by atoms with Crippen molar-refractivity contribution in [1.29, 1.82) is 0 Å². The Kier molecular flexibility index (Phi) is 7.88. The van der Waals surface area contributed by atoms with Crippen molar-refractivity contribution in [2.75, 3.05) is 37.4 Å². The van der Waals surface area contributed by atoms with E-state index >= 15 is 0 Å². The van der Waals surface area contributed by atoms with Gasteiger partial charge in [-0.25, -0.2) is 4.79 Å². The van der Waals surface area contributed by atoms with Crippen LogP contribution in [0.5, 0.6) is 11.5 Å². The first-order chi connectivity index (χ1) is 17.1. The molecule has 3 aromatic rings. The third kappa shape index (κ3) is 6.32. The van der Waals surface area contributed by atoms with Crippen LogP contribution in [0.15, 0.2) is 72.8 Å². The molecule has 4 rings (SSSR count). The van der Waals surface area contributed by atoms with Crippen molar-refractivity contribution in [2.45, 2.75) is 25.7 Å². The summed E-state index contributed by atoms with van der Waals surface area (Å²) < 4.78 is 10.6. The Bertz CT molecular complexity index is 1150. The van der Waals surface area contributed by atoms with Crippen LogP contribution in [0.25, 0.3) is 0 Å². The third-order valence-electron chi connectivity index (χ3n) is 6.09. The van der Waals surface area contributed by atoms with Crippen molar-refractivity contribution in [1.82, 2.24) is 4.90 Å². The van der Waals surface area contributed by atoms with E-state index in [0.29, 0.717) is 30.9 Å². The van der Waals surface area contributed by atoms with Gasteiger partial charge in [-0.3, -0.25) is 4.79 Å². The molecule has 7 heteroatoms. The zero-order valence-corrected chi connectivity index (χ0v) is 20.1. The molecule has 0 bridgehead atoms. The van der Waals surface area contributed by atoms with Gasteiger partial charge in [-0.05, 0) is 86.0 Å². The molecule has 3 aromatic carbocycles. The number of anilines is 2. The Balaban J connectivity index is 1.38. The van der Waals surface area contributed by atoms with Crippen molar-refractivity contribution >= 4 is 23.3 Å². The lowest BCUT2D eigenvalue weighted by atomic mass is 9.89. The highest BCUT2D eigenvalue weighted by molar-refractivity contribution is 6.04. The Morgan fingerprint density at radius 2 is 1.63 bits per heavy atom. The molecule has 1 atom stereocenters. The molecule has 7 nitrogen and oxygen atoms in total. The molecule has 3 amide bonds. The van der Waals surface area contributed by atoms with Crippen molar-refractivity contribution < 1.29 is 19.1 Å². The van der Waals surface area contributed by atoms with Crippen LogP contribution in [0.2, 0.25) is 0 Å². The SMILES string of the molecule is CCOc1ccc(NC(=O)N2CCC[C@@H](c3cccc(C(=O)Nc4ccc(OC)cc4)c3)C2)cc1. The van der Waals surface area contributed by atoms with Gasteiger partial charge in [-0.1, -0.05) is 12.1 Å². The van der Waals surface area contributed by atoms with Gasteiger partial charge in [0.15, 0.2) is 0 Å². The Morgan fingerprint density at radius 3 is 2.31 bits per heavy atom. The van der Waals surface area contributed by atoms with E-state index in [2.05, 4.69) is 10.6 Å². The van der Waals surface area contributed by atoms with Crippen LogP contribution < -0.4 is 20.1 Å². The number of methoxy groups -OCH3 is 1. The summed E-state index contributed by atoms with van der Waals surface area (Å²) in [7, 11) is 1.61. The average molecular weight is 474 g/mol. The molecular formula is C28H31N3O4. The third-order valence-corrected chi connectivity index (χ3v) is 6.09. The summed E-state index contributed by atoms with van der Waals surface area (Å²) in [5, 5.41) is 5.90. The number of amides is 3. The minimum absolute atomic E-state index is 0.118. The lowest BCUT2D eigenvalue weighted by Crippen LogP contribution is -2.41. The van der Waals surface area contributed by atoms with E-state index in [1.807, 2.05) is 72.5 Å². The van der Waals surface area contributed by atoms with Crippen molar-refractivity contribution in [3.05, 3.63) is 83.9 Å². The summed E-state index contributed by atoms with van der Waals surface area (Å²) in [5.41, 5.74) is 3.09. The van der Waals surface area contributed by atoms with E-state index in [9.17, 15) is 9.59 Å². The second-order valence-electron chi connectivity index (χ2n) is 8.48. The number of nitrogens with one attached hydrogen (secondary N) is 2. The summed E-state index contributed by atoms with van der Waals surface area (Å²) in [6.07, 6.45) is 1.88. The number of hydrogen-bond acceptors (Lipinski definition) is 4. The fraction of sp³-hybridized carbons (Fsp3) is 0.286. The van der Waals surface area contributed by atoms with E-state index in [1.165, 1.54) is 0 Å². The molecule has 182 valence electrons. The van der Waals surface area contributed by atoms with Crippen LogP contribution in [0.1, 0.15) is 41.6 Å². The number of urea groups is 1. The second kappa shape index (κ2) is 11.4. The van der Waals surface area contributed by atoms with E-state index in [0.717, 1.165) is 35.6 Å². The maximum Gasteiger partial charge on any atom is 0.321 e. The molecule has 1 saturated heterocycles. The molecule has 1 fully saturated rings. The van der Waals surface area contributed by atoms with Gasteiger partial charge in [0.2, 0.25) is 0 Å². The molecule has 35 heavy (non-hydrogen) atoms. The summed E-state index contributed by atoms with van der Waals surface area (Å²) in [6, 6.07) is 22.2. The van der Waals surface area contributed by atoms with Gasteiger partial charge in [0.05, 0.1) is 13.7 Å². The van der Waals surface area contributed by atoms with Gasteiger partial charge in [-0.2, -0.15) is 0 Å². The first kappa shape index (κ1) is 24.1. The number of likely N-dealkylation sites (tertiary alicyclic amines) is 1. The molecule has 0 spiro atoms. The van der Waals surface area contributed by atoms with Crippen LogP contribution >= 0.6 is 0 Å². The number of piperidine rings is 1. The van der Waals surface area contributed by atoms with Crippen LogP contribution in [0, 0.1) is 0 Å². The molecule has 0 aromatic heterocycles. The summed E-state index contributed by atoms with van der Waals surface area (Å²) in [5.74, 6) is 1.51. The van der Waals surface area contributed by atoms with Gasteiger partial charge in [-0.15, -0.1) is 0 Å². The Morgan fingerprint density at radius 1 is 0.943 bits per heavy atom. The smallest absolute Gasteiger partial charge is 0.321 e. The maximum atomic E-state index is 12.9. The highest BCUT2D eigenvalue weighted by Crippen LogP contribution is 2.28. The molecule has 1 aliphatic rings. The minimum Gasteiger partial charge on any atom is -0.497 e. The van der Waals surface area contributed by atoms with Crippen LogP contribution in [-0.4, -0.2) is 43.6 Å². The van der Waals surface area contributed by atoms with E-state index in [-0.39, 0.29) is 17.9 Å². The average Bonchev–Trinajstić information content (AvgIpc) is 2.90. The summed E-state index contributed by atoms with van der Waals surface area (Å²) in [4.78, 5) is 27.6. The standard InChI is InChI=1S/C28H31N3O4/c1-3-35-26-15-11-24(12-16-26)30-28(33)31-17-5-8-22(19-31)20-6-4-7-21(18-20)27(32)29-23-9-13-25(34-2)14-10-23/h4,6-7,9-16,18,22H,3,5,8,17,19H2,1-2H3,(H,29,32)(H,30,33)/t22-/m1/s1. The number of nitrogens with zero attached hydrogens (tertiary/aromatic N) is 1. The second-order valence-corrected chi connectivity index (χ2v) is 8.48. The zero-order chi connectivity index (χ0) is 24.6. The Hall–Kier alpha value is -4.00. The van der Waals surface area contributed by atoms with Gasteiger partial charge in [0.25, 0.3) is 5.91 Å². The largest absolute Gasteiger partial charge is 0.497 e. The van der Waals surface area contributed by atoms with Gasteiger partial charge >= 0.3 is 6.03 Å². The quantitative estimate of drug-likeness (QED) is 0.457. The molecule has 0 radical (unpaired) electrons. The summed E-state index contributed by atoms with van der Waals surface area (Å²) in [6.45, 7) is 3.85. The molecule has 0 aliphatic carbocycles. The summed E-state index contributed by atoms with van der Waals surface area (Å²) >= 11 is 0. The topological polar surface area (TPSA) is 79.9 Å². The highest BCUT2D eigenvalue weighted by Gasteiger charge is 2.25. The monoisotopic (exact) mass is 473 g/mol. The molecular weight excluding hydrogens is 442 g/mol. The molecule has 1 heterocycles. The zero-order valence-electron chi connectivity index (χ0n) is 20.1. The van der Waals surface area contributed by atoms with Crippen LogP contribution in [0.4, 0.5) is 16.2 Å². The van der Waals surface area contributed by atoms with E-state index in [1.54, 1.807) is 19.2 Å². The number of rotatable bonds is 7. The maximum absolute atomic E-state index is 12.9. The number of benzene rings is 3. The molecule has 0 unspecified atom stereocenters. The van der Waals surface area contributed by atoms with Crippen molar-refractivity contribution in [3.63, 3.8) is 0 Å². The van der Waals surface area contributed by atoms with Gasteiger partial charge in [0.1, 0.15) is 11.5 Å². The minimum atomic E-state index is -0.169. The molecule has 2 N–H and O–H groups in total. The van der Waals surface area contributed by atoms with Gasteiger partial charge < -0.3 is 25.0 Å². The molecule has 0 saturated carbocycles. The lowest BCUT2D eigenvalue weighted by molar-refractivity contribution is 0.102. The first-order valence-corrected chi connectivity index (χ1v) is 11.9. The fourth-order valence-corrected chi connectivity index (χ4v) is 4.25. The number of ether oxygens (including phenoxy) is 2. The number of carbonyl (C=O) groups is 2. The van der Waals surface area contributed by atoms with E-state index < -0.39 is 0 Å². The normalized spacial score (nSPS) is 15.3. The fourth-order valence-electron chi connectivity index (χ4n) is 4.25. The van der Waals surface area contributed by atoms with Crippen LogP contribution in [-0.2, 0) is 0 Å². The highest BCUT2D eigenvalue weighted by atomic mass is 16.5. The predicted molar refractivity (Wildman–Crippen MR) is 138 cm³/mol. The Labute approximate surface area is 206 Å². The predicted octanol–water partition coefficient (Wildman–Crippen LogP) is 5.76. The number of hydrogen-bond donors (Lipinski definition) is 2. The lowest BCUT2D eigenvalue weighted by Gasteiger charge is -2.33. The van der Waals surface area contributed by atoms with E-state index in [4.69, 9.17) is 9.47 Å².